The average molecular weight is 403 g/mol. The van der Waals surface area contributed by atoms with Crippen molar-refractivity contribution in [2.75, 3.05) is 16.9 Å². The van der Waals surface area contributed by atoms with Crippen LogP contribution in [0.25, 0.3) is 0 Å². The lowest BCUT2D eigenvalue weighted by Gasteiger charge is -2.22. The molecule has 2 aromatic carbocycles. The zero-order chi connectivity index (χ0) is 21.3. The highest BCUT2D eigenvalue weighted by Gasteiger charge is 2.28. The first-order chi connectivity index (χ1) is 14.4. The van der Waals surface area contributed by atoms with Gasteiger partial charge < -0.3 is 9.64 Å². The molecule has 1 aliphatic rings. The Kier molecular flexibility index (Phi) is 5.31. The van der Waals surface area contributed by atoms with Gasteiger partial charge in [0, 0.05) is 29.2 Å². The molecular weight excluding hydrogens is 378 g/mol. The first-order valence-corrected chi connectivity index (χ1v) is 10.1. The molecule has 6 nitrogen and oxygen atoms in total. The first-order valence-electron chi connectivity index (χ1n) is 10.1. The molecule has 2 heterocycles. The summed E-state index contributed by atoms with van der Waals surface area (Å²) in [5.41, 5.74) is 7.44. The standard InChI is InChI=1S/C24H25N3O3/c1-16-8-9-17(2)27(16)25-23(28)20-10-12-21(13-11-20)30-18(3)24(29)26-15-14-19-6-4-5-7-22(19)26/h4-13,18H,14-15H2,1-3H3,(H,25,28)/t18-/m0/s1. The van der Waals surface area contributed by atoms with Crippen molar-refractivity contribution in [2.24, 2.45) is 0 Å². The van der Waals surface area contributed by atoms with E-state index in [1.54, 1.807) is 40.8 Å². The van der Waals surface area contributed by atoms with Gasteiger partial charge in [-0.1, -0.05) is 18.2 Å². The van der Waals surface area contributed by atoms with Crippen LogP contribution in [-0.2, 0) is 11.2 Å². The summed E-state index contributed by atoms with van der Waals surface area (Å²) in [6.07, 6.45) is 0.236. The number of amides is 2. The Labute approximate surface area is 176 Å². The van der Waals surface area contributed by atoms with Crippen LogP contribution in [0.4, 0.5) is 5.69 Å². The summed E-state index contributed by atoms with van der Waals surface area (Å²) in [4.78, 5) is 27.2. The van der Waals surface area contributed by atoms with Crippen LogP contribution in [0, 0.1) is 13.8 Å². The molecule has 0 saturated heterocycles. The van der Waals surface area contributed by atoms with Gasteiger partial charge in [-0.2, -0.15) is 0 Å². The van der Waals surface area contributed by atoms with E-state index < -0.39 is 6.10 Å². The largest absolute Gasteiger partial charge is 0.481 e. The molecule has 0 saturated carbocycles. The van der Waals surface area contributed by atoms with Gasteiger partial charge in [0.25, 0.3) is 11.8 Å². The van der Waals surface area contributed by atoms with Gasteiger partial charge in [0.1, 0.15) is 5.75 Å². The van der Waals surface area contributed by atoms with E-state index in [2.05, 4.69) is 11.5 Å². The number of para-hydroxylation sites is 1. The Bertz CT molecular complexity index is 1070. The Morgan fingerprint density at radius 1 is 0.967 bits per heavy atom. The van der Waals surface area contributed by atoms with E-state index in [9.17, 15) is 9.59 Å². The maximum atomic E-state index is 12.9. The third-order valence-electron chi connectivity index (χ3n) is 5.41. The summed E-state index contributed by atoms with van der Waals surface area (Å²) >= 11 is 0. The number of benzene rings is 2. The fourth-order valence-electron chi connectivity index (χ4n) is 3.74. The summed E-state index contributed by atoms with van der Waals surface area (Å²) in [5, 5.41) is 0. The second kappa shape index (κ2) is 8.06. The molecule has 2 amide bonds. The van der Waals surface area contributed by atoms with E-state index in [1.807, 2.05) is 44.2 Å². The second-order valence-electron chi connectivity index (χ2n) is 7.55. The van der Waals surface area contributed by atoms with Gasteiger partial charge in [0.15, 0.2) is 6.10 Å². The number of ether oxygens (including phenoxy) is 1. The predicted octanol–water partition coefficient (Wildman–Crippen LogP) is 3.85. The molecule has 0 radical (unpaired) electrons. The summed E-state index contributed by atoms with van der Waals surface area (Å²) in [7, 11) is 0. The minimum atomic E-state index is -0.624. The van der Waals surface area contributed by atoms with Gasteiger partial charge in [-0.15, -0.1) is 0 Å². The van der Waals surface area contributed by atoms with Crippen LogP contribution in [0.5, 0.6) is 5.75 Å². The fraction of sp³-hybridized carbons (Fsp3) is 0.250. The minimum Gasteiger partial charge on any atom is -0.481 e. The lowest BCUT2D eigenvalue weighted by atomic mass is 10.2. The number of hydrogen-bond donors (Lipinski definition) is 1. The summed E-state index contributed by atoms with van der Waals surface area (Å²) in [5.74, 6) is 0.273. The maximum Gasteiger partial charge on any atom is 0.270 e. The number of aromatic nitrogens is 1. The van der Waals surface area contributed by atoms with Gasteiger partial charge in [-0.25, -0.2) is 0 Å². The summed E-state index contributed by atoms with van der Waals surface area (Å²) in [6.45, 7) is 6.29. The fourth-order valence-corrected chi connectivity index (χ4v) is 3.74. The third-order valence-corrected chi connectivity index (χ3v) is 5.41. The molecule has 1 N–H and O–H groups in total. The van der Waals surface area contributed by atoms with Gasteiger partial charge >= 0.3 is 0 Å². The smallest absolute Gasteiger partial charge is 0.270 e. The lowest BCUT2D eigenvalue weighted by molar-refractivity contribution is -0.124. The molecule has 4 rings (SSSR count). The summed E-state index contributed by atoms with van der Waals surface area (Å²) < 4.78 is 7.61. The highest BCUT2D eigenvalue weighted by atomic mass is 16.5. The molecule has 0 fully saturated rings. The quantitative estimate of drug-likeness (QED) is 0.704. The number of rotatable bonds is 5. The number of carbonyl (C=O) groups is 2. The molecular formula is C24H25N3O3. The van der Waals surface area contributed by atoms with Gasteiger partial charge in [-0.05, 0) is 75.2 Å². The highest BCUT2D eigenvalue weighted by Crippen LogP contribution is 2.28. The summed E-state index contributed by atoms with van der Waals surface area (Å²) in [6, 6.07) is 18.7. The second-order valence-corrected chi connectivity index (χ2v) is 7.55. The Hall–Kier alpha value is -3.54. The molecule has 154 valence electrons. The van der Waals surface area contributed by atoms with Crippen molar-refractivity contribution >= 4 is 17.5 Å². The lowest BCUT2D eigenvalue weighted by Crippen LogP contribution is -2.39. The predicted molar refractivity (Wildman–Crippen MR) is 117 cm³/mol. The molecule has 30 heavy (non-hydrogen) atoms. The van der Waals surface area contributed by atoms with Crippen molar-refractivity contribution < 1.29 is 14.3 Å². The van der Waals surface area contributed by atoms with Crippen LogP contribution in [0.1, 0.15) is 34.2 Å². The van der Waals surface area contributed by atoms with E-state index in [0.717, 1.165) is 23.5 Å². The van der Waals surface area contributed by atoms with Crippen LogP contribution >= 0.6 is 0 Å². The highest BCUT2D eigenvalue weighted by molar-refractivity contribution is 6.00. The Morgan fingerprint density at radius 3 is 2.33 bits per heavy atom. The van der Waals surface area contributed by atoms with E-state index in [-0.39, 0.29) is 11.8 Å². The number of hydrogen-bond acceptors (Lipinski definition) is 3. The van der Waals surface area contributed by atoms with Crippen LogP contribution in [0.3, 0.4) is 0 Å². The van der Waals surface area contributed by atoms with Crippen molar-refractivity contribution in [1.29, 1.82) is 0 Å². The van der Waals surface area contributed by atoms with E-state index in [4.69, 9.17) is 4.74 Å². The zero-order valence-corrected chi connectivity index (χ0v) is 17.4. The molecule has 0 unspecified atom stereocenters. The molecule has 6 heteroatoms. The zero-order valence-electron chi connectivity index (χ0n) is 17.4. The number of nitrogens with zero attached hydrogens (tertiary/aromatic N) is 2. The topological polar surface area (TPSA) is 63.6 Å². The number of carbonyl (C=O) groups excluding carboxylic acids is 2. The first kappa shape index (κ1) is 19.8. The van der Waals surface area contributed by atoms with Gasteiger partial charge in [-0.3, -0.25) is 19.7 Å². The van der Waals surface area contributed by atoms with Crippen molar-refractivity contribution in [1.82, 2.24) is 4.68 Å². The van der Waals surface area contributed by atoms with Crippen LogP contribution in [0.2, 0.25) is 0 Å². The number of nitrogens with one attached hydrogen (secondary N) is 1. The SMILES string of the molecule is Cc1ccc(C)n1NC(=O)c1ccc(O[C@@H](C)C(=O)N2CCc3ccccc32)cc1. The molecule has 1 aromatic heterocycles. The van der Waals surface area contributed by atoms with E-state index in [1.165, 1.54) is 5.56 Å². The molecule has 0 bridgehead atoms. The minimum absolute atomic E-state index is 0.0691. The van der Waals surface area contributed by atoms with Gasteiger partial charge in [0.05, 0.1) is 0 Å². The molecule has 1 atom stereocenters. The Morgan fingerprint density at radius 2 is 1.63 bits per heavy atom. The number of anilines is 1. The molecule has 0 aliphatic carbocycles. The van der Waals surface area contributed by atoms with E-state index in [0.29, 0.717) is 17.9 Å². The van der Waals surface area contributed by atoms with Crippen LogP contribution in [-0.4, -0.2) is 29.1 Å². The monoisotopic (exact) mass is 403 g/mol. The Balaban J connectivity index is 1.40. The average Bonchev–Trinajstić information content (AvgIpc) is 3.32. The number of fused-ring (bicyclic) bond motifs is 1. The molecule has 0 spiro atoms. The van der Waals surface area contributed by atoms with Crippen molar-refractivity contribution in [3.05, 3.63) is 83.2 Å². The van der Waals surface area contributed by atoms with Crippen LogP contribution < -0.4 is 15.1 Å². The molecule has 1 aliphatic heterocycles. The van der Waals surface area contributed by atoms with Crippen LogP contribution in [0.15, 0.2) is 60.7 Å². The third kappa shape index (κ3) is 3.81. The van der Waals surface area contributed by atoms with Crippen molar-refractivity contribution in [3.63, 3.8) is 0 Å². The van der Waals surface area contributed by atoms with E-state index >= 15 is 0 Å². The number of aryl methyl sites for hydroxylation is 2. The van der Waals surface area contributed by atoms with Crippen molar-refractivity contribution in [2.45, 2.75) is 33.3 Å². The van der Waals surface area contributed by atoms with Gasteiger partial charge in [0.2, 0.25) is 0 Å². The maximum absolute atomic E-state index is 12.9. The van der Waals surface area contributed by atoms with Crippen molar-refractivity contribution in [3.8, 4) is 5.75 Å². The molecule has 3 aromatic rings. The normalized spacial score (nSPS) is 13.6.